The molecule has 1 fully saturated rings. The average Bonchev–Trinajstić information content (AvgIpc) is 2.51. The van der Waals surface area contributed by atoms with Crippen molar-refractivity contribution in [1.82, 2.24) is 0 Å². The Morgan fingerprint density at radius 3 is 3.12 bits per heavy atom. The maximum Gasteiger partial charge on any atom is 0.107 e. The van der Waals surface area contributed by atoms with E-state index in [4.69, 9.17) is 11.2 Å². The topological polar surface area (TPSA) is 9.23 Å². The van der Waals surface area contributed by atoms with Crippen molar-refractivity contribution in [2.45, 2.75) is 5.25 Å². The second-order valence-electron chi connectivity index (χ2n) is 1.67. The SMILES string of the molecule is C#CCOCC1CS1. The first-order chi connectivity index (χ1) is 3.93. The van der Waals surface area contributed by atoms with Gasteiger partial charge in [0.15, 0.2) is 0 Å². The highest BCUT2D eigenvalue weighted by molar-refractivity contribution is 8.06. The second kappa shape index (κ2) is 3.01. The van der Waals surface area contributed by atoms with E-state index in [1.165, 1.54) is 5.75 Å². The summed E-state index contributed by atoms with van der Waals surface area (Å²) in [6.07, 6.45) is 4.95. The van der Waals surface area contributed by atoms with Crippen LogP contribution in [-0.4, -0.2) is 24.2 Å². The van der Waals surface area contributed by atoms with Crippen LogP contribution in [0.15, 0.2) is 0 Å². The lowest BCUT2D eigenvalue weighted by Gasteiger charge is -1.92. The summed E-state index contributed by atoms with van der Waals surface area (Å²) in [6.45, 7) is 1.31. The molecule has 0 amide bonds. The highest BCUT2D eigenvalue weighted by Gasteiger charge is 2.21. The zero-order valence-electron chi connectivity index (χ0n) is 4.59. The highest BCUT2D eigenvalue weighted by Crippen LogP contribution is 2.29. The molecule has 1 aliphatic rings. The first kappa shape index (κ1) is 6.00. The summed E-state index contributed by atoms with van der Waals surface area (Å²) in [5.41, 5.74) is 0. The van der Waals surface area contributed by atoms with E-state index in [-0.39, 0.29) is 0 Å². The van der Waals surface area contributed by atoms with E-state index in [1.807, 2.05) is 11.8 Å². The molecule has 1 aliphatic heterocycles. The van der Waals surface area contributed by atoms with Gasteiger partial charge in [-0.25, -0.2) is 0 Å². The molecule has 0 spiro atoms. The summed E-state index contributed by atoms with van der Waals surface area (Å²) in [5, 5.41) is 0.753. The van der Waals surface area contributed by atoms with Crippen LogP contribution in [0.3, 0.4) is 0 Å². The lowest BCUT2D eigenvalue weighted by atomic mass is 10.5. The maximum absolute atomic E-state index is 5.05. The van der Waals surface area contributed by atoms with Crippen LogP contribution in [0.1, 0.15) is 0 Å². The molecule has 0 N–H and O–H groups in total. The molecule has 0 saturated carbocycles. The lowest BCUT2D eigenvalue weighted by Crippen LogP contribution is -1.99. The van der Waals surface area contributed by atoms with Crippen molar-refractivity contribution in [3.05, 3.63) is 0 Å². The summed E-state index contributed by atoms with van der Waals surface area (Å²) in [4.78, 5) is 0. The predicted molar refractivity (Wildman–Crippen MR) is 35.9 cm³/mol. The van der Waals surface area contributed by atoms with E-state index in [0.717, 1.165) is 11.9 Å². The quantitative estimate of drug-likeness (QED) is 0.315. The monoisotopic (exact) mass is 128 g/mol. The minimum absolute atomic E-state index is 0.469. The molecule has 0 bridgehead atoms. The molecular weight excluding hydrogens is 120 g/mol. The van der Waals surface area contributed by atoms with E-state index in [2.05, 4.69) is 5.92 Å². The van der Waals surface area contributed by atoms with Gasteiger partial charge in [0.25, 0.3) is 0 Å². The highest BCUT2D eigenvalue weighted by atomic mass is 32.2. The molecule has 2 heteroatoms. The number of hydrogen-bond acceptors (Lipinski definition) is 2. The Labute approximate surface area is 53.8 Å². The summed E-state index contributed by atoms with van der Waals surface area (Å²) < 4.78 is 5.05. The normalized spacial score (nSPS) is 24.6. The van der Waals surface area contributed by atoms with Crippen molar-refractivity contribution in [2.75, 3.05) is 19.0 Å². The van der Waals surface area contributed by atoms with Crippen molar-refractivity contribution >= 4 is 11.8 Å². The van der Waals surface area contributed by atoms with Crippen molar-refractivity contribution < 1.29 is 4.74 Å². The lowest BCUT2D eigenvalue weighted by molar-refractivity contribution is 0.176. The number of hydrogen-bond donors (Lipinski definition) is 0. The third kappa shape index (κ3) is 2.25. The fourth-order valence-electron chi connectivity index (χ4n) is 0.414. The number of thioether (sulfide) groups is 1. The van der Waals surface area contributed by atoms with Crippen LogP contribution in [0.4, 0.5) is 0 Å². The van der Waals surface area contributed by atoms with E-state index in [9.17, 15) is 0 Å². The average molecular weight is 128 g/mol. The van der Waals surface area contributed by atoms with Gasteiger partial charge in [-0.05, 0) is 0 Å². The van der Waals surface area contributed by atoms with Gasteiger partial charge >= 0.3 is 0 Å². The van der Waals surface area contributed by atoms with Gasteiger partial charge in [0.2, 0.25) is 0 Å². The van der Waals surface area contributed by atoms with Gasteiger partial charge in [-0.2, -0.15) is 11.8 Å². The third-order valence-corrected chi connectivity index (χ3v) is 1.83. The fraction of sp³-hybridized carbons (Fsp3) is 0.667. The summed E-state index contributed by atoms with van der Waals surface area (Å²) in [5.74, 6) is 3.67. The predicted octanol–water partition coefficient (Wildman–Crippen LogP) is 0.752. The molecule has 1 heterocycles. The van der Waals surface area contributed by atoms with Crippen molar-refractivity contribution in [1.29, 1.82) is 0 Å². The van der Waals surface area contributed by atoms with Crippen LogP contribution in [0, 0.1) is 12.3 Å². The van der Waals surface area contributed by atoms with Gasteiger partial charge in [-0.15, -0.1) is 6.42 Å². The zero-order valence-corrected chi connectivity index (χ0v) is 5.41. The zero-order chi connectivity index (χ0) is 5.82. The molecule has 0 aromatic rings. The number of terminal acetylenes is 1. The molecule has 0 aliphatic carbocycles. The molecule has 1 unspecified atom stereocenters. The standard InChI is InChI=1S/C6H8OS/c1-2-3-7-4-6-5-8-6/h1,6H,3-5H2. The molecule has 44 valence electrons. The van der Waals surface area contributed by atoms with E-state index >= 15 is 0 Å². The minimum atomic E-state index is 0.469. The van der Waals surface area contributed by atoms with Gasteiger partial charge in [-0.3, -0.25) is 0 Å². The summed E-state index contributed by atoms with van der Waals surface area (Å²) in [6, 6.07) is 0. The Morgan fingerprint density at radius 2 is 2.62 bits per heavy atom. The first-order valence-corrected chi connectivity index (χ1v) is 3.61. The smallest absolute Gasteiger partial charge is 0.107 e. The van der Waals surface area contributed by atoms with Gasteiger partial charge in [0.05, 0.1) is 6.61 Å². The molecule has 1 atom stereocenters. The fourth-order valence-corrected chi connectivity index (χ4v) is 0.838. The Morgan fingerprint density at radius 1 is 1.88 bits per heavy atom. The van der Waals surface area contributed by atoms with E-state index < -0.39 is 0 Å². The molecular formula is C6H8OS. The summed E-state index contributed by atoms with van der Waals surface area (Å²) >= 11 is 1.93. The van der Waals surface area contributed by atoms with Crippen molar-refractivity contribution in [3.63, 3.8) is 0 Å². The molecule has 1 nitrogen and oxygen atoms in total. The molecule has 0 radical (unpaired) electrons. The van der Waals surface area contributed by atoms with Crippen LogP contribution in [0.25, 0.3) is 0 Å². The first-order valence-electron chi connectivity index (χ1n) is 2.56. The maximum atomic E-state index is 5.05. The molecule has 0 aromatic heterocycles. The van der Waals surface area contributed by atoms with Crippen LogP contribution in [0.5, 0.6) is 0 Å². The van der Waals surface area contributed by atoms with Crippen molar-refractivity contribution in [2.24, 2.45) is 0 Å². The van der Waals surface area contributed by atoms with Crippen molar-refractivity contribution in [3.8, 4) is 12.3 Å². The van der Waals surface area contributed by atoms with Crippen LogP contribution in [0.2, 0.25) is 0 Å². The second-order valence-corrected chi connectivity index (χ2v) is 3.01. The van der Waals surface area contributed by atoms with Gasteiger partial charge in [-0.1, -0.05) is 5.92 Å². The van der Waals surface area contributed by atoms with E-state index in [1.54, 1.807) is 0 Å². The van der Waals surface area contributed by atoms with Crippen LogP contribution in [-0.2, 0) is 4.74 Å². The van der Waals surface area contributed by atoms with E-state index in [0.29, 0.717) is 6.61 Å². The number of ether oxygens (including phenoxy) is 1. The Kier molecular flexibility index (Phi) is 2.26. The van der Waals surface area contributed by atoms with Gasteiger partial charge in [0.1, 0.15) is 6.61 Å². The third-order valence-electron chi connectivity index (χ3n) is 0.892. The minimum Gasteiger partial charge on any atom is -0.368 e. The Hall–Kier alpha value is -0.130. The number of rotatable bonds is 3. The largest absolute Gasteiger partial charge is 0.368 e. The molecule has 8 heavy (non-hydrogen) atoms. The van der Waals surface area contributed by atoms with Crippen LogP contribution >= 0.6 is 11.8 Å². The Balaban J connectivity index is 1.83. The molecule has 1 rings (SSSR count). The summed E-state index contributed by atoms with van der Waals surface area (Å²) in [7, 11) is 0. The molecule has 0 aromatic carbocycles. The van der Waals surface area contributed by atoms with Crippen LogP contribution < -0.4 is 0 Å². The van der Waals surface area contributed by atoms with Gasteiger partial charge < -0.3 is 4.74 Å². The molecule has 1 saturated heterocycles. The Bertz CT molecular complexity index is 102. The van der Waals surface area contributed by atoms with Gasteiger partial charge in [0, 0.05) is 11.0 Å².